The van der Waals surface area contributed by atoms with Crippen molar-refractivity contribution >= 4 is 46.4 Å². The molecule has 1 aliphatic rings. The Hall–Kier alpha value is -2.37. The zero-order valence-corrected chi connectivity index (χ0v) is 33.5. The summed E-state index contributed by atoms with van der Waals surface area (Å²) < 4.78 is 58.1. The molecule has 3 rings (SSSR count). The molecule has 2 aromatic rings. The van der Waals surface area contributed by atoms with Crippen LogP contribution in [0.3, 0.4) is 0 Å². The summed E-state index contributed by atoms with van der Waals surface area (Å²) in [5.41, 5.74) is 5.98. The van der Waals surface area contributed by atoms with Gasteiger partial charge in [-0.05, 0) is 54.4 Å². The summed E-state index contributed by atoms with van der Waals surface area (Å²) in [6, 6.07) is 0. The topological polar surface area (TPSA) is 300 Å². The maximum absolute atomic E-state index is 12.1. The summed E-state index contributed by atoms with van der Waals surface area (Å²) in [6.07, 6.45) is 1.44. The van der Waals surface area contributed by atoms with Crippen LogP contribution in [0.1, 0.15) is 73.5 Å². The number of unbranched alkanes of at least 4 members (excludes halogenated alkanes) is 2. The van der Waals surface area contributed by atoms with Gasteiger partial charge < -0.3 is 49.7 Å². The molecular weight excluding hydrogens is 763 g/mol. The minimum atomic E-state index is -6.16. The fourth-order valence-electron chi connectivity index (χ4n) is 4.79. The average molecular weight is 818 g/mol. The van der Waals surface area contributed by atoms with Gasteiger partial charge in [0.2, 0.25) is 0 Å². The Balaban J connectivity index is 0.000000845. The van der Waals surface area contributed by atoms with Gasteiger partial charge in [-0.2, -0.15) is 0 Å². The number of phosphoric ester groups is 2. The predicted octanol–water partition coefficient (Wildman–Crippen LogP) is -1.29. The number of terminal acetylenes is 1. The minimum Gasteiger partial charge on any atom is -0.756 e. The highest BCUT2D eigenvalue weighted by Crippen LogP contribution is 2.64. The van der Waals surface area contributed by atoms with Gasteiger partial charge in [-0.1, -0.05) is 0 Å². The van der Waals surface area contributed by atoms with Gasteiger partial charge in [-0.15, -0.1) is 12.3 Å². The molecule has 0 amide bonds. The third-order valence-electron chi connectivity index (χ3n) is 7.97. The maximum Gasteiger partial charge on any atom is 0.478 e. The van der Waals surface area contributed by atoms with Crippen LogP contribution >= 0.6 is 23.5 Å². The quantitative estimate of drug-likeness (QED) is 0.0546. The zero-order chi connectivity index (χ0) is 40.4. The number of ether oxygens (including phenoxy) is 1. The number of hydrogen-bond donors (Lipinski definition) is 6. The van der Waals surface area contributed by atoms with Crippen LogP contribution in [0.15, 0.2) is 12.7 Å². The van der Waals surface area contributed by atoms with Gasteiger partial charge in [-0.25, -0.2) is 28.1 Å². The van der Waals surface area contributed by atoms with Crippen LogP contribution in [0.2, 0.25) is 0 Å². The Morgan fingerprint density at radius 1 is 0.943 bits per heavy atom. The molecule has 7 N–H and O–H groups in total. The Bertz CT molecular complexity index is 1560. The van der Waals surface area contributed by atoms with E-state index in [9.17, 15) is 43.4 Å². The number of phosphoric acid groups is 3. The van der Waals surface area contributed by atoms with Crippen molar-refractivity contribution < 1.29 is 75.6 Å². The fraction of sp³-hybridized carbons (Fsp3) is 0.724. The molecule has 0 radical (unpaired) electrons. The first-order valence-electron chi connectivity index (χ1n) is 17.1. The van der Waals surface area contributed by atoms with Crippen LogP contribution in [0.25, 0.3) is 11.2 Å². The number of fused-ring (bicyclic) bond motifs is 1. The number of imidazole rings is 1. The highest BCUT2D eigenvalue weighted by molar-refractivity contribution is 7.65. The van der Waals surface area contributed by atoms with E-state index in [1.54, 1.807) is 9.80 Å². The molecule has 2 aromatic heterocycles. The molecule has 0 spiro atoms. The largest absolute Gasteiger partial charge is 0.756 e. The van der Waals surface area contributed by atoms with Gasteiger partial charge in [0, 0.05) is 12.8 Å². The molecule has 0 aromatic carbocycles. The SMILES string of the molecule is C#CCCCCC(=O)OP(=O)([O-])OP(=O)([O-])OP(=O)(O)OC[C@H]1O[C@@H](n2cnc3c(N)ncnc32)[C@@H](O)C1O.CC[NH+](CC)CC.CC[NH+](CC)CC. The number of aliphatic hydroxyl groups is 2. The molecule has 0 saturated carbocycles. The molecule has 7 atom stereocenters. The number of nitrogen functional groups attached to an aromatic ring is 1. The van der Waals surface area contributed by atoms with Crippen molar-refractivity contribution in [3.05, 3.63) is 12.7 Å². The Morgan fingerprint density at radius 2 is 1.51 bits per heavy atom. The van der Waals surface area contributed by atoms with Gasteiger partial charge in [0.15, 0.2) is 17.7 Å². The van der Waals surface area contributed by atoms with E-state index in [-0.39, 0.29) is 23.4 Å². The molecular formula is C29H54N7O14P3. The number of aromatic nitrogens is 4. The molecule has 1 aliphatic heterocycles. The van der Waals surface area contributed by atoms with Crippen LogP contribution < -0.4 is 25.3 Å². The summed E-state index contributed by atoms with van der Waals surface area (Å²) >= 11 is 0. The first-order chi connectivity index (χ1) is 24.8. The molecule has 21 nitrogen and oxygen atoms in total. The first-order valence-corrected chi connectivity index (χ1v) is 21.6. The molecule has 304 valence electrons. The molecule has 1 saturated heterocycles. The number of nitrogens with zero attached hydrogens (tertiary/aromatic N) is 4. The molecule has 53 heavy (non-hydrogen) atoms. The van der Waals surface area contributed by atoms with Crippen molar-refractivity contribution in [2.75, 3.05) is 51.6 Å². The number of hydrogen-bond acceptors (Lipinski definition) is 17. The van der Waals surface area contributed by atoms with E-state index in [2.05, 4.69) is 80.1 Å². The number of aliphatic hydroxyl groups excluding tert-OH is 2. The average Bonchev–Trinajstić information content (AvgIpc) is 3.64. The zero-order valence-electron chi connectivity index (χ0n) is 30.9. The number of carbonyl (C=O) groups is 1. The molecule has 24 heteroatoms. The Morgan fingerprint density at radius 3 is 2.02 bits per heavy atom. The van der Waals surface area contributed by atoms with Crippen molar-refractivity contribution in [1.82, 2.24) is 19.5 Å². The van der Waals surface area contributed by atoms with Gasteiger partial charge >= 0.3 is 21.6 Å². The highest BCUT2D eigenvalue weighted by Gasteiger charge is 2.46. The predicted molar refractivity (Wildman–Crippen MR) is 187 cm³/mol. The number of anilines is 1. The first kappa shape index (κ1) is 48.6. The lowest BCUT2D eigenvalue weighted by Gasteiger charge is -2.30. The van der Waals surface area contributed by atoms with Gasteiger partial charge in [0.1, 0.15) is 30.2 Å². The lowest BCUT2D eigenvalue weighted by atomic mass is 10.1. The van der Waals surface area contributed by atoms with Crippen LogP contribution in [0, 0.1) is 12.3 Å². The van der Waals surface area contributed by atoms with E-state index in [1.807, 2.05) is 0 Å². The standard InChI is InChI=1S/C17H24N5O14P3.2C6H15N/c1-2-3-4-5-6-11(23)34-38(28,29)36-39(30,31)35-37(26,27)32-7-10-13(24)14(25)17(33-10)22-9-21-12-15(18)19-8-20-16(12)22;2*1-4-7(5-2)6-3/h1,8-10,13-14,17,24-25H,3-7H2,(H,26,27)(H,28,29)(H,30,31)(H2,18,19,20);2*4-6H2,1-3H3/t10-,13?,14+,17-;;/m1../s1. The van der Waals surface area contributed by atoms with Crippen LogP contribution in [-0.2, 0) is 40.9 Å². The van der Waals surface area contributed by atoms with E-state index < -0.39 is 67.0 Å². The molecule has 0 bridgehead atoms. The number of quaternary nitrogens is 2. The summed E-state index contributed by atoms with van der Waals surface area (Å²) in [7, 11) is -17.7. The van der Waals surface area contributed by atoms with Gasteiger partial charge in [-0.3, -0.25) is 23.0 Å². The Kier molecular flexibility index (Phi) is 21.6. The number of nitrogens with one attached hydrogen (secondary N) is 2. The van der Waals surface area contributed by atoms with Crippen molar-refractivity contribution in [3.8, 4) is 12.3 Å². The third kappa shape index (κ3) is 16.9. The van der Waals surface area contributed by atoms with E-state index >= 15 is 0 Å². The Labute approximate surface area is 309 Å². The van der Waals surface area contributed by atoms with Crippen molar-refractivity contribution in [2.24, 2.45) is 0 Å². The third-order valence-corrected chi connectivity index (χ3v) is 12.1. The molecule has 4 unspecified atom stereocenters. The lowest BCUT2D eigenvalue weighted by molar-refractivity contribution is -0.894. The molecule has 0 aliphatic carbocycles. The summed E-state index contributed by atoms with van der Waals surface area (Å²) in [6.45, 7) is 19.9. The van der Waals surface area contributed by atoms with Crippen LogP contribution in [-0.4, -0.2) is 105 Å². The second-order valence-corrected chi connectivity index (χ2v) is 15.9. The van der Waals surface area contributed by atoms with Crippen molar-refractivity contribution in [2.45, 2.75) is 91.8 Å². The lowest BCUT2D eigenvalue weighted by Crippen LogP contribution is -3.11. The monoisotopic (exact) mass is 817 g/mol. The second-order valence-electron chi connectivity index (χ2n) is 11.4. The molecule has 1 fully saturated rings. The molecule has 3 heterocycles. The normalized spacial score (nSPS) is 21.7. The van der Waals surface area contributed by atoms with E-state index in [0.717, 1.165) is 6.33 Å². The van der Waals surface area contributed by atoms with Gasteiger partial charge in [0.05, 0.1) is 52.2 Å². The summed E-state index contributed by atoms with van der Waals surface area (Å²) in [5.74, 6) is 0.949. The second kappa shape index (κ2) is 23.5. The van der Waals surface area contributed by atoms with Crippen molar-refractivity contribution in [1.29, 1.82) is 0 Å². The smallest absolute Gasteiger partial charge is 0.478 e. The highest BCUT2D eigenvalue weighted by atomic mass is 31.3. The number of nitrogens with two attached hydrogens (primary N) is 1. The van der Waals surface area contributed by atoms with E-state index in [4.69, 9.17) is 16.9 Å². The van der Waals surface area contributed by atoms with Crippen LogP contribution in [0.5, 0.6) is 0 Å². The number of carbonyl (C=O) groups excluding carboxylic acids is 1. The fourth-order valence-corrected chi connectivity index (χ4v) is 8.17. The summed E-state index contributed by atoms with van der Waals surface area (Å²) in [4.78, 5) is 59.9. The van der Waals surface area contributed by atoms with Gasteiger partial charge in [0.25, 0.3) is 7.82 Å². The van der Waals surface area contributed by atoms with E-state index in [0.29, 0.717) is 12.8 Å². The van der Waals surface area contributed by atoms with E-state index in [1.165, 1.54) is 50.2 Å². The maximum atomic E-state index is 12.1. The summed E-state index contributed by atoms with van der Waals surface area (Å²) in [5, 5.41) is 20.7. The van der Waals surface area contributed by atoms with Crippen molar-refractivity contribution in [3.63, 3.8) is 0 Å². The van der Waals surface area contributed by atoms with Crippen LogP contribution in [0.4, 0.5) is 5.82 Å². The minimum absolute atomic E-state index is 0.0201. The number of rotatable bonds is 19.